The minimum atomic E-state index is -1.37. The maximum Gasteiger partial charge on any atom is 0.362 e. The summed E-state index contributed by atoms with van der Waals surface area (Å²) in [7, 11) is 0. The Balaban J connectivity index is 4.95. The van der Waals surface area contributed by atoms with Crippen molar-refractivity contribution in [3.8, 4) is 0 Å². The van der Waals surface area contributed by atoms with Gasteiger partial charge < -0.3 is 20.1 Å². The Kier molecular flexibility index (Phi) is 18.3. The summed E-state index contributed by atoms with van der Waals surface area (Å²) in [5.74, 6) is -3.66. The Morgan fingerprint density at radius 3 is 1.43 bits per heavy atom. The van der Waals surface area contributed by atoms with Crippen molar-refractivity contribution in [3.63, 3.8) is 0 Å². The first kappa shape index (κ1) is 33.1. The van der Waals surface area contributed by atoms with E-state index in [0.29, 0.717) is 6.42 Å². The molecule has 7 nitrogen and oxygen atoms in total. The van der Waals surface area contributed by atoms with E-state index in [-0.39, 0.29) is 25.8 Å². The minimum absolute atomic E-state index is 0.129. The molecule has 0 aliphatic carbocycles. The first-order chi connectivity index (χ1) is 16.7. The molecule has 0 saturated carbocycles. The lowest BCUT2D eigenvalue weighted by atomic mass is 9.93. The molecular weight excluding hydrogens is 446 g/mol. The summed E-state index contributed by atoms with van der Waals surface area (Å²) < 4.78 is -0.469. The number of quaternary nitrogens is 1. The number of rotatable bonds is 23. The van der Waals surface area contributed by atoms with E-state index in [9.17, 15) is 29.7 Å². The summed E-state index contributed by atoms with van der Waals surface area (Å²) in [6.45, 7) is 7.44. The Morgan fingerprint density at radius 1 is 0.657 bits per heavy atom. The summed E-state index contributed by atoms with van der Waals surface area (Å²) >= 11 is 0. The number of hydrogen-bond acceptors (Lipinski definition) is 4. The van der Waals surface area contributed by atoms with Crippen LogP contribution in [0.5, 0.6) is 0 Å². The molecule has 0 bridgehead atoms. The number of aliphatic carboxylic acids is 3. The van der Waals surface area contributed by atoms with E-state index in [1.54, 1.807) is 20.8 Å². The van der Waals surface area contributed by atoms with Crippen LogP contribution >= 0.6 is 0 Å². The van der Waals surface area contributed by atoms with Crippen LogP contribution in [0.4, 0.5) is 0 Å². The molecule has 2 N–H and O–H groups in total. The molecule has 3 unspecified atom stereocenters. The van der Waals surface area contributed by atoms with Crippen molar-refractivity contribution in [2.45, 2.75) is 142 Å². The van der Waals surface area contributed by atoms with Crippen LogP contribution in [0.3, 0.4) is 0 Å². The van der Waals surface area contributed by atoms with Gasteiger partial charge in [0.05, 0.1) is 12.5 Å². The van der Waals surface area contributed by atoms with E-state index >= 15 is 0 Å². The van der Waals surface area contributed by atoms with Crippen LogP contribution in [0.1, 0.15) is 124 Å². The molecule has 0 aromatic rings. The van der Waals surface area contributed by atoms with Gasteiger partial charge in [0.25, 0.3) is 0 Å². The van der Waals surface area contributed by atoms with Crippen LogP contribution in [0.15, 0.2) is 12.2 Å². The van der Waals surface area contributed by atoms with Gasteiger partial charge in [-0.15, -0.1) is 0 Å². The normalized spacial score (nSPS) is 16.0. The predicted molar refractivity (Wildman–Crippen MR) is 138 cm³/mol. The fourth-order valence-corrected chi connectivity index (χ4v) is 5.55. The monoisotopic (exact) mass is 497 g/mol. The molecule has 35 heavy (non-hydrogen) atoms. The Morgan fingerprint density at radius 2 is 1.06 bits per heavy atom. The SMILES string of the molecule is CCC/C=C/CCCCCCCCCCC[N+](C(CC)C(=O)[O-])(C(CC)C(=O)O)C(CC)C(=O)O. The Labute approximate surface area is 213 Å². The van der Waals surface area contributed by atoms with E-state index in [4.69, 9.17) is 0 Å². The third kappa shape index (κ3) is 11.1. The molecule has 0 aromatic carbocycles. The summed E-state index contributed by atoms with van der Waals surface area (Å²) in [6.07, 6.45) is 18.1. The van der Waals surface area contributed by atoms with Crippen LogP contribution in [0.2, 0.25) is 0 Å². The fraction of sp³-hybridized carbons (Fsp3) is 0.821. The van der Waals surface area contributed by atoms with Crippen molar-refractivity contribution in [3.05, 3.63) is 12.2 Å². The number of unbranched alkanes of at least 4 members (excludes halogenated alkanes) is 10. The highest BCUT2D eigenvalue weighted by Gasteiger charge is 2.53. The zero-order valence-corrected chi connectivity index (χ0v) is 22.7. The van der Waals surface area contributed by atoms with Crippen molar-refractivity contribution in [1.29, 1.82) is 0 Å². The number of carboxylic acids is 3. The average Bonchev–Trinajstić information content (AvgIpc) is 2.79. The van der Waals surface area contributed by atoms with Crippen molar-refractivity contribution >= 4 is 17.9 Å². The maximum absolute atomic E-state index is 12.2. The van der Waals surface area contributed by atoms with Gasteiger partial charge in [0.15, 0.2) is 12.1 Å². The Hall–Kier alpha value is -1.89. The van der Waals surface area contributed by atoms with Crippen molar-refractivity contribution in [2.24, 2.45) is 0 Å². The van der Waals surface area contributed by atoms with E-state index in [1.165, 1.54) is 32.1 Å². The molecule has 0 spiro atoms. The largest absolute Gasteiger partial charge is 0.544 e. The van der Waals surface area contributed by atoms with Gasteiger partial charge in [-0.1, -0.05) is 84.8 Å². The van der Waals surface area contributed by atoms with Crippen molar-refractivity contribution in [2.75, 3.05) is 6.54 Å². The Bertz CT molecular complexity index is 578. The smallest absolute Gasteiger partial charge is 0.362 e. The minimum Gasteiger partial charge on any atom is -0.544 e. The van der Waals surface area contributed by atoms with Gasteiger partial charge in [-0.2, -0.15) is 0 Å². The van der Waals surface area contributed by atoms with Crippen molar-refractivity contribution < 1.29 is 34.2 Å². The molecule has 0 rings (SSSR count). The van der Waals surface area contributed by atoms with Gasteiger partial charge in [-0.25, -0.2) is 9.59 Å². The highest BCUT2D eigenvalue weighted by atomic mass is 16.4. The number of hydrogen-bond donors (Lipinski definition) is 2. The summed E-state index contributed by atoms with van der Waals surface area (Å²) in [6, 6.07) is -3.37. The van der Waals surface area contributed by atoms with E-state index in [1.807, 2.05) is 0 Å². The zero-order valence-electron chi connectivity index (χ0n) is 22.7. The molecule has 0 saturated heterocycles. The highest BCUT2D eigenvalue weighted by Crippen LogP contribution is 2.32. The van der Waals surface area contributed by atoms with Gasteiger partial charge in [-0.3, -0.25) is 4.48 Å². The van der Waals surface area contributed by atoms with Crippen LogP contribution in [-0.4, -0.2) is 57.3 Å². The van der Waals surface area contributed by atoms with Crippen LogP contribution < -0.4 is 5.11 Å². The van der Waals surface area contributed by atoms with Gasteiger partial charge in [-0.05, 0) is 32.1 Å². The molecule has 0 aromatic heterocycles. The predicted octanol–water partition coefficient (Wildman–Crippen LogP) is 5.32. The van der Waals surface area contributed by atoms with E-state index in [0.717, 1.165) is 38.5 Å². The molecule has 0 aliphatic rings. The van der Waals surface area contributed by atoms with Gasteiger partial charge in [0.2, 0.25) is 0 Å². The van der Waals surface area contributed by atoms with Crippen molar-refractivity contribution in [1.82, 2.24) is 0 Å². The second-order valence-corrected chi connectivity index (χ2v) is 9.72. The topological polar surface area (TPSA) is 115 Å². The molecule has 204 valence electrons. The molecule has 0 fully saturated rings. The highest BCUT2D eigenvalue weighted by molar-refractivity contribution is 5.77. The second-order valence-electron chi connectivity index (χ2n) is 9.72. The summed E-state index contributed by atoms with van der Waals surface area (Å²) in [5, 5.41) is 32.0. The summed E-state index contributed by atoms with van der Waals surface area (Å²) in [5.41, 5.74) is 0. The third-order valence-electron chi connectivity index (χ3n) is 7.28. The molecule has 0 aliphatic heterocycles. The summed E-state index contributed by atoms with van der Waals surface area (Å²) in [4.78, 5) is 36.5. The third-order valence-corrected chi connectivity index (χ3v) is 7.28. The first-order valence-electron chi connectivity index (χ1n) is 13.9. The maximum atomic E-state index is 12.2. The number of allylic oxidation sites excluding steroid dienone is 2. The van der Waals surface area contributed by atoms with Crippen LogP contribution in [-0.2, 0) is 14.4 Å². The van der Waals surface area contributed by atoms with E-state index in [2.05, 4.69) is 19.1 Å². The number of carboxylic acid groups (broad SMARTS) is 3. The lowest BCUT2D eigenvalue weighted by Gasteiger charge is -2.51. The van der Waals surface area contributed by atoms with Gasteiger partial charge in [0, 0.05) is 19.3 Å². The lowest BCUT2D eigenvalue weighted by Crippen LogP contribution is -2.73. The quantitative estimate of drug-likeness (QED) is 0.112. The fourth-order valence-electron chi connectivity index (χ4n) is 5.55. The first-order valence-corrected chi connectivity index (χ1v) is 13.9. The number of carbonyl (C=O) groups is 3. The second kappa shape index (κ2) is 19.3. The van der Waals surface area contributed by atoms with Gasteiger partial charge >= 0.3 is 11.9 Å². The molecule has 0 heterocycles. The van der Waals surface area contributed by atoms with Crippen LogP contribution in [0, 0.1) is 0 Å². The number of carbonyl (C=O) groups excluding carboxylic acids is 1. The average molecular weight is 498 g/mol. The van der Waals surface area contributed by atoms with Crippen LogP contribution in [0.25, 0.3) is 0 Å². The molecular formula is C28H51NO6. The molecule has 7 heteroatoms. The molecule has 0 amide bonds. The van der Waals surface area contributed by atoms with Gasteiger partial charge in [0.1, 0.15) is 6.04 Å². The molecule has 0 radical (unpaired) electrons. The zero-order chi connectivity index (χ0) is 26.7. The molecule has 3 atom stereocenters. The number of nitrogens with zero attached hydrogens (tertiary/aromatic N) is 1. The standard InChI is InChI=1S/C28H51NO6/c1-5-9-10-11-12-13-14-15-16-17-18-19-20-21-22-29(23(6-2)26(30)31,24(7-3)27(32)33)25(8-4)28(34)35/h10-11,23-25H,5-9,12-22H2,1-4H3,(H2-,30,31,32,33,34,35)/b11-10+. The van der Waals surface area contributed by atoms with E-state index < -0.39 is 40.5 Å². The lowest BCUT2D eigenvalue weighted by molar-refractivity contribution is -0.974.